The van der Waals surface area contributed by atoms with Crippen molar-refractivity contribution in [3.8, 4) is 5.75 Å². The topological polar surface area (TPSA) is 24.5 Å². The Morgan fingerprint density at radius 3 is 3.21 bits per heavy atom. The Balaban J connectivity index is 1.55. The molecule has 1 N–H and O–H groups in total. The van der Waals surface area contributed by atoms with Gasteiger partial charge >= 0.3 is 0 Å². The quantitative estimate of drug-likeness (QED) is 0.901. The van der Waals surface area contributed by atoms with Crippen molar-refractivity contribution in [2.75, 3.05) is 38.1 Å². The Morgan fingerprint density at radius 1 is 1.42 bits per heavy atom. The average molecular weight is 260 g/mol. The third-order valence-corrected chi connectivity index (χ3v) is 4.32. The molecule has 1 saturated heterocycles. The fraction of sp³-hybridized carbons (Fsp3) is 0.625. The highest BCUT2D eigenvalue weighted by Gasteiger charge is 2.21. The predicted molar refractivity (Wildman–Crippen MR) is 79.0 cm³/mol. The molecule has 1 aromatic carbocycles. The lowest BCUT2D eigenvalue weighted by atomic mass is 10.0. The molecule has 0 aliphatic carbocycles. The van der Waals surface area contributed by atoms with Gasteiger partial charge in [0.05, 0.1) is 6.61 Å². The minimum Gasteiger partial charge on any atom is -0.493 e. The van der Waals surface area contributed by atoms with Crippen LogP contribution in [-0.2, 0) is 6.42 Å². The van der Waals surface area contributed by atoms with Crippen molar-refractivity contribution < 1.29 is 4.74 Å². The molecule has 0 aromatic heterocycles. The Kier molecular flexibility index (Phi) is 3.92. The van der Waals surface area contributed by atoms with Gasteiger partial charge in [0.15, 0.2) is 0 Å². The largest absolute Gasteiger partial charge is 0.493 e. The maximum absolute atomic E-state index is 5.99. The van der Waals surface area contributed by atoms with Crippen molar-refractivity contribution in [1.82, 2.24) is 4.90 Å². The first-order valence-electron chi connectivity index (χ1n) is 7.57. The Morgan fingerprint density at radius 2 is 2.37 bits per heavy atom. The fourth-order valence-corrected chi connectivity index (χ4v) is 3.09. The van der Waals surface area contributed by atoms with E-state index < -0.39 is 0 Å². The van der Waals surface area contributed by atoms with Gasteiger partial charge < -0.3 is 15.0 Å². The number of hydrogen-bond acceptors (Lipinski definition) is 3. The summed E-state index contributed by atoms with van der Waals surface area (Å²) >= 11 is 0. The molecule has 0 amide bonds. The molecule has 1 atom stereocenters. The van der Waals surface area contributed by atoms with Gasteiger partial charge in [0.2, 0.25) is 0 Å². The summed E-state index contributed by atoms with van der Waals surface area (Å²) in [6.07, 6.45) is 3.68. The van der Waals surface area contributed by atoms with E-state index in [2.05, 4.69) is 35.3 Å². The van der Waals surface area contributed by atoms with E-state index >= 15 is 0 Å². The molecule has 2 aliphatic heterocycles. The van der Waals surface area contributed by atoms with E-state index in [4.69, 9.17) is 4.74 Å². The summed E-state index contributed by atoms with van der Waals surface area (Å²) in [5.41, 5.74) is 2.70. The first-order chi connectivity index (χ1) is 9.35. The lowest BCUT2D eigenvalue weighted by molar-refractivity contribution is 0.243. The number of rotatable bonds is 4. The van der Waals surface area contributed by atoms with Crippen LogP contribution in [-0.4, -0.2) is 37.7 Å². The zero-order valence-electron chi connectivity index (χ0n) is 11.8. The highest BCUT2D eigenvalue weighted by molar-refractivity contribution is 5.55. The van der Waals surface area contributed by atoms with E-state index in [1.165, 1.54) is 50.1 Å². The van der Waals surface area contributed by atoms with Gasteiger partial charge in [-0.3, -0.25) is 0 Å². The van der Waals surface area contributed by atoms with E-state index in [0.717, 1.165) is 18.9 Å². The summed E-state index contributed by atoms with van der Waals surface area (Å²) in [6.45, 7) is 7.80. The highest BCUT2D eigenvalue weighted by Crippen LogP contribution is 2.27. The van der Waals surface area contributed by atoms with Gasteiger partial charge in [-0.1, -0.05) is 6.92 Å². The average Bonchev–Trinajstić information content (AvgIpc) is 2.93. The number of aryl methyl sites for hydroxylation is 1. The van der Waals surface area contributed by atoms with Crippen molar-refractivity contribution in [2.24, 2.45) is 5.92 Å². The minimum absolute atomic E-state index is 0.703. The third kappa shape index (κ3) is 3.03. The predicted octanol–water partition coefficient (Wildman–Crippen LogP) is 2.77. The molecule has 3 heteroatoms. The molecule has 3 rings (SSSR count). The normalized spacial score (nSPS) is 22.9. The molecule has 0 spiro atoms. The van der Waals surface area contributed by atoms with Crippen LogP contribution in [0.1, 0.15) is 25.3 Å². The van der Waals surface area contributed by atoms with Crippen LogP contribution in [0.5, 0.6) is 5.75 Å². The lowest BCUT2D eigenvalue weighted by Crippen LogP contribution is -2.21. The molecule has 104 valence electrons. The first-order valence-corrected chi connectivity index (χ1v) is 7.57. The number of benzene rings is 1. The maximum Gasteiger partial charge on any atom is 0.119 e. The molecule has 2 aliphatic rings. The van der Waals surface area contributed by atoms with Crippen molar-refractivity contribution in [3.05, 3.63) is 23.8 Å². The van der Waals surface area contributed by atoms with Crippen LogP contribution in [0.15, 0.2) is 18.2 Å². The van der Waals surface area contributed by atoms with Gasteiger partial charge in [-0.25, -0.2) is 0 Å². The number of fused-ring (bicyclic) bond motifs is 1. The molecule has 1 fully saturated rings. The van der Waals surface area contributed by atoms with Crippen LogP contribution in [0.3, 0.4) is 0 Å². The van der Waals surface area contributed by atoms with Gasteiger partial charge in [-0.2, -0.15) is 0 Å². The van der Waals surface area contributed by atoms with Crippen LogP contribution >= 0.6 is 0 Å². The number of likely N-dealkylation sites (tertiary alicyclic amines) is 1. The fourth-order valence-electron chi connectivity index (χ4n) is 3.09. The number of anilines is 1. The van der Waals surface area contributed by atoms with Crippen molar-refractivity contribution in [3.63, 3.8) is 0 Å². The second-order valence-electron chi connectivity index (χ2n) is 5.71. The molecular weight excluding hydrogens is 236 g/mol. The second-order valence-corrected chi connectivity index (χ2v) is 5.71. The number of hydrogen-bond donors (Lipinski definition) is 1. The van der Waals surface area contributed by atoms with Crippen molar-refractivity contribution in [2.45, 2.75) is 26.2 Å². The van der Waals surface area contributed by atoms with Crippen LogP contribution in [0.25, 0.3) is 0 Å². The molecule has 3 nitrogen and oxygen atoms in total. The van der Waals surface area contributed by atoms with Crippen LogP contribution in [0.2, 0.25) is 0 Å². The Bertz CT molecular complexity index is 433. The van der Waals surface area contributed by atoms with Crippen LogP contribution < -0.4 is 10.1 Å². The van der Waals surface area contributed by atoms with E-state index in [-0.39, 0.29) is 0 Å². The van der Waals surface area contributed by atoms with Gasteiger partial charge in [0, 0.05) is 24.7 Å². The third-order valence-electron chi connectivity index (χ3n) is 4.32. The Hall–Kier alpha value is -1.22. The smallest absolute Gasteiger partial charge is 0.119 e. The van der Waals surface area contributed by atoms with Crippen LogP contribution in [0, 0.1) is 5.92 Å². The highest BCUT2D eigenvalue weighted by atomic mass is 16.5. The summed E-state index contributed by atoms with van der Waals surface area (Å²) in [4.78, 5) is 2.50. The number of nitrogens with zero attached hydrogens (tertiary/aromatic N) is 1. The van der Waals surface area contributed by atoms with E-state index in [1.54, 1.807) is 0 Å². The van der Waals surface area contributed by atoms with Gasteiger partial charge in [0.25, 0.3) is 0 Å². The maximum atomic E-state index is 5.99. The summed E-state index contributed by atoms with van der Waals surface area (Å²) < 4.78 is 5.99. The summed E-state index contributed by atoms with van der Waals surface area (Å²) in [7, 11) is 0. The molecule has 1 unspecified atom stereocenters. The molecule has 0 saturated carbocycles. The molecule has 0 bridgehead atoms. The Labute approximate surface area is 115 Å². The van der Waals surface area contributed by atoms with Crippen molar-refractivity contribution >= 4 is 5.69 Å². The standard InChI is InChI=1S/C16H24N2O/c1-2-18-9-7-13(11-18)12-19-15-5-6-16-14(10-15)4-3-8-17-16/h5-6,10,13,17H,2-4,7-9,11-12H2,1H3. The van der Waals surface area contributed by atoms with Gasteiger partial charge in [-0.05, 0) is 56.1 Å². The number of ether oxygens (including phenoxy) is 1. The van der Waals surface area contributed by atoms with Crippen molar-refractivity contribution in [1.29, 1.82) is 0 Å². The summed E-state index contributed by atoms with van der Waals surface area (Å²) in [6, 6.07) is 6.48. The first kappa shape index (κ1) is 12.8. The van der Waals surface area contributed by atoms with Crippen LogP contribution in [0.4, 0.5) is 5.69 Å². The van der Waals surface area contributed by atoms with E-state index in [1.807, 2.05) is 0 Å². The number of nitrogens with one attached hydrogen (secondary N) is 1. The zero-order valence-corrected chi connectivity index (χ0v) is 11.8. The minimum atomic E-state index is 0.703. The SMILES string of the molecule is CCN1CCC(COc2ccc3c(c2)CCCN3)C1. The van der Waals surface area contributed by atoms with Gasteiger partial charge in [-0.15, -0.1) is 0 Å². The molecule has 0 radical (unpaired) electrons. The molecular formula is C16H24N2O. The molecule has 2 heterocycles. The summed E-state index contributed by atoms with van der Waals surface area (Å²) in [5.74, 6) is 1.74. The van der Waals surface area contributed by atoms with E-state index in [0.29, 0.717) is 5.92 Å². The monoisotopic (exact) mass is 260 g/mol. The van der Waals surface area contributed by atoms with Gasteiger partial charge in [0.1, 0.15) is 5.75 Å². The molecule has 1 aromatic rings. The zero-order chi connectivity index (χ0) is 13.1. The second kappa shape index (κ2) is 5.83. The summed E-state index contributed by atoms with van der Waals surface area (Å²) in [5, 5.41) is 3.44. The molecule has 19 heavy (non-hydrogen) atoms. The lowest BCUT2D eigenvalue weighted by Gasteiger charge is -2.19. The van der Waals surface area contributed by atoms with E-state index in [9.17, 15) is 0 Å².